The molecule has 1 aliphatic rings. The van der Waals surface area contributed by atoms with E-state index in [0.717, 1.165) is 21.9 Å². The van der Waals surface area contributed by atoms with Gasteiger partial charge in [0, 0.05) is 21.6 Å². The SMILES string of the molecule is CC1(C)c2ccc(-c3c4ccccc4c(-c4ccc5oc6c(ccc7c8ccccc8c8ccccc8c76)c5c4)c4ccccc34)cc2-c2c1ccc1ccccc21. The van der Waals surface area contributed by atoms with Crippen LogP contribution >= 0.6 is 0 Å². The predicted octanol–water partition coefficient (Wildman–Crippen LogP) is 16.1. The molecule has 0 amide bonds. The van der Waals surface area contributed by atoms with Crippen LogP contribution in [0.25, 0.3) is 120 Å². The molecule has 0 N–H and O–H groups in total. The van der Waals surface area contributed by atoms with Crippen LogP contribution in [0.15, 0.2) is 186 Å². The molecule has 1 heterocycles. The van der Waals surface area contributed by atoms with Crippen molar-refractivity contribution >= 4 is 86.6 Å². The first kappa shape index (κ1) is 31.9. The fourth-order valence-corrected chi connectivity index (χ4v) is 10.8. The van der Waals surface area contributed by atoms with E-state index in [2.05, 4.69) is 196 Å². The van der Waals surface area contributed by atoms with Gasteiger partial charge in [-0.15, -0.1) is 0 Å². The largest absolute Gasteiger partial charge is 0.455 e. The van der Waals surface area contributed by atoms with Crippen LogP contribution in [0.2, 0.25) is 0 Å². The maximum absolute atomic E-state index is 6.87. The summed E-state index contributed by atoms with van der Waals surface area (Å²) >= 11 is 0. The molecule has 0 saturated heterocycles. The van der Waals surface area contributed by atoms with Gasteiger partial charge in [-0.05, 0) is 128 Å². The Morgan fingerprint density at radius 1 is 0.345 bits per heavy atom. The van der Waals surface area contributed by atoms with Crippen LogP contribution in [0, 0.1) is 0 Å². The van der Waals surface area contributed by atoms with Crippen molar-refractivity contribution in [1.29, 1.82) is 0 Å². The lowest BCUT2D eigenvalue weighted by Gasteiger charge is -2.22. The van der Waals surface area contributed by atoms with E-state index < -0.39 is 0 Å². The zero-order valence-electron chi connectivity index (χ0n) is 32.2. The lowest BCUT2D eigenvalue weighted by molar-refractivity contribution is 0.661. The van der Waals surface area contributed by atoms with Crippen LogP contribution in [0.4, 0.5) is 0 Å². The van der Waals surface area contributed by atoms with Gasteiger partial charge in [-0.3, -0.25) is 0 Å². The Labute approximate surface area is 335 Å². The number of hydrogen-bond donors (Lipinski definition) is 0. The molecule has 0 atom stereocenters. The normalized spacial score (nSPS) is 13.5. The molecule has 13 rings (SSSR count). The lowest BCUT2D eigenvalue weighted by Crippen LogP contribution is -2.14. The number of furan rings is 1. The van der Waals surface area contributed by atoms with E-state index in [0.29, 0.717) is 0 Å². The summed E-state index contributed by atoms with van der Waals surface area (Å²) in [4.78, 5) is 0. The minimum Gasteiger partial charge on any atom is -0.455 e. The summed E-state index contributed by atoms with van der Waals surface area (Å²) in [6.45, 7) is 4.75. The molecule has 0 bridgehead atoms. The summed E-state index contributed by atoms with van der Waals surface area (Å²) in [7, 11) is 0. The molecule has 11 aromatic carbocycles. The summed E-state index contributed by atoms with van der Waals surface area (Å²) in [5.41, 5.74) is 12.3. The standard InChI is InChI=1S/C57H36O/c1-57(2)49-28-24-34(32-48(49)54-36-14-4-3-13-33(36)23-29-50(54)57)52-41-19-9-11-21-43(41)53(44-22-12-10-20-42(44)52)35-25-30-51-47(31-35)46-27-26-45-39-17-6-5-15-37(39)38-16-7-8-18-40(38)55(45)56(46)58-51/h3-32H,1-2H3. The quantitative estimate of drug-likeness (QED) is 0.127. The molecule has 270 valence electrons. The van der Waals surface area contributed by atoms with Gasteiger partial charge >= 0.3 is 0 Å². The molecule has 58 heavy (non-hydrogen) atoms. The van der Waals surface area contributed by atoms with Gasteiger partial charge in [0.15, 0.2) is 0 Å². The minimum absolute atomic E-state index is 0.0791. The zero-order chi connectivity index (χ0) is 38.3. The number of benzene rings is 11. The molecule has 0 saturated carbocycles. The van der Waals surface area contributed by atoms with Crippen LogP contribution in [-0.4, -0.2) is 0 Å². The molecule has 0 fully saturated rings. The maximum Gasteiger partial charge on any atom is 0.143 e. The monoisotopic (exact) mass is 736 g/mol. The number of fused-ring (bicyclic) bond motifs is 17. The van der Waals surface area contributed by atoms with E-state index in [9.17, 15) is 0 Å². The highest BCUT2D eigenvalue weighted by Crippen LogP contribution is 2.53. The lowest BCUT2D eigenvalue weighted by atomic mass is 9.81. The third kappa shape index (κ3) is 4.15. The Bertz CT molecular complexity index is 3670. The van der Waals surface area contributed by atoms with E-state index in [-0.39, 0.29) is 5.41 Å². The Kier molecular flexibility index (Phi) is 6.29. The van der Waals surface area contributed by atoms with Crippen molar-refractivity contribution < 1.29 is 4.42 Å². The van der Waals surface area contributed by atoms with E-state index in [1.807, 2.05) is 0 Å². The Balaban J connectivity index is 1.06. The van der Waals surface area contributed by atoms with Gasteiger partial charge in [-0.1, -0.05) is 172 Å². The van der Waals surface area contributed by atoms with Crippen LogP contribution in [0.1, 0.15) is 25.0 Å². The topological polar surface area (TPSA) is 13.1 Å². The fourth-order valence-electron chi connectivity index (χ4n) is 10.8. The van der Waals surface area contributed by atoms with Gasteiger partial charge in [0.05, 0.1) is 0 Å². The first-order valence-electron chi connectivity index (χ1n) is 20.3. The highest BCUT2D eigenvalue weighted by atomic mass is 16.3. The summed E-state index contributed by atoms with van der Waals surface area (Å²) in [6, 6.07) is 67.6. The third-order valence-electron chi connectivity index (χ3n) is 13.4. The van der Waals surface area contributed by atoms with Crippen molar-refractivity contribution in [2.45, 2.75) is 19.3 Å². The smallest absolute Gasteiger partial charge is 0.143 e. The first-order valence-corrected chi connectivity index (χ1v) is 20.3. The summed E-state index contributed by atoms with van der Waals surface area (Å²) in [5.74, 6) is 0. The zero-order valence-corrected chi connectivity index (χ0v) is 32.2. The second-order valence-electron chi connectivity index (χ2n) is 16.7. The molecule has 1 nitrogen and oxygen atoms in total. The second kappa shape index (κ2) is 11.4. The van der Waals surface area contributed by atoms with Gasteiger partial charge in [0.25, 0.3) is 0 Å². The van der Waals surface area contributed by atoms with Gasteiger partial charge in [-0.2, -0.15) is 0 Å². The van der Waals surface area contributed by atoms with Crippen molar-refractivity contribution in [3.63, 3.8) is 0 Å². The molecule has 1 aromatic heterocycles. The highest BCUT2D eigenvalue weighted by Gasteiger charge is 2.36. The molecular weight excluding hydrogens is 701 g/mol. The van der Waals surface area contributed by atoms with Gasteiger partial charge in [-0.25, -0.2) is 0 Å². The predicted molar refractivity (Wildman–Crippen MR) is 247 cm³/mol. The van der Waals surface area contributed by atoms with Crippen molar-refractivity contribution in [1.82, 2.24) is 0 Å². The molecule has 0 aliphatic heterocycles. The van der Waals surface area contributed by atoms with Crippen molar-refractivity contribution in [3.8, 4) is 33.4 Å². The third-order valence-corrected chi connectivity index (χ3v) is 13.4. The second-order valence-corrected chi connectivity index (χ2v) is 16.7. The number of rotatable bonds is 2. The van der Waals surface area contributed by atoms with Crippen molar-refractivity contribution in [3.05, 3.63) is 193 Å². The average Bonchev–Trinajstić information content (AvgIpc) is 3.76. The molecule has 1 aliphatic carbocycles. The average molecular weight is 737 g/mol. The Hall–Kier alpha value is -7.22. The van der Waals surface area contributed by atoms with Crippen LogP contribution < -0.4 is 0 Å². The number of hydrogen-bond acceptors (Lipinski definition) is 1. The molecular formula is C57H36O. The minimum atomic E-state index is -0.0791. The van der Waals surface area contributed by atoms with Crippen LogP contribution in [0.5, 0.6) is 0 Å². The van der Waals surface area contributed by atoms with E-state index in [1.54, 1.807) is 0 Å². The summed E-state index contributed by atoms with van der Waals surface area (Å²) < 4.78 is 6.87. The Morgan fingerprint density at radius 3 is 1.48 bits per heavy atom. The van der Waals surface area contributed by atoms with Gasteiger partial charge in [0.2, 0.25) is 0 Å². The van der Waals surface area contributed by atoms with Crippen molar-refractivity contribution in [2.24, 2.45) is 0 Å². The summed E-state index contributed by atoms with van der Waals surface area (Å²) in [5, 5.41) is 17.3. The Morgan fingerprint density at radius 2 is 0.828 bits per heavy atom. The fraction of sp³-hybridized carbons (Fsp3) is 0.0526. The van der Waals surface area contributed by atoms with Gasteiger partial charge in [0.1, 0.15) is 11.2 Å². The van der Waals surface area contributed by atoms with Gasteiger partial charge < -0.3 is 4.42 Å². The van der Waals surface area contributed by atoms with Crippen molar-refractivity contribution in [2.75, 3.05) is 0 Å². The maximum atomic E-state index is 6.87. The molecule has 0 spiro atoms. The molecule has 12 aromatic rings. The van der Waals surface area contributed by atoms with E-state index in [1.165, 1.54) is 109 Å². The van der Waals surface area contributed by atoms with E-state index >= 15 is 0 Å². The van der Waals surface area contributed by atoms with Crippen LogP contribution in [0.3, 0.4) is 0 Å². The highest BCUT2D eigenvalue weighted by molar-refractivity contribution is 6.32. The summed E-state index contributed by atoms with van der Waals surface area (Å²) in [6.07, 6.45) is 0. The first-order chi connectivity index (χ1) is 28.5. The van der Waals surface area contributed by atoms with E-state index in [4.69, 9.17) is 4.42 Å². The molecule has 0 radical (unpaired) electrons. The van der Waals surface area contributed by atoms with Crippen LogP contribution in [-0.2, 0) is 5.41 Å². The molecule has 0 unspecified atom stereocenters. The molecule has 1 heteroatoms.